The molecule has 1 aromatic rings. The van der Waals surface area contributed by atoms with E-state index >= 15 is 0 Å². The van der Waals surface area contributed by atoms with Gasteiger partial charge in [0.25, 0.3) is 0 Å². The summed E-state index contributed by atoms with van der Waals surface area (Å²) in [6.07, 6.45) is 1.73. The number of hydrogen-bond acceptors (Lipinski definition) is 2. The third-order valence-corrected chi connectivity index (χ3v) is 3.60. The third kappa shape index (κ3) is 2.15. The molecule has 0 bridgehead atoms. The van der Waals surface area contributed by atoms with Gasteiger partial charge in [0.05, 0.1) is 5.92 Å². The van der Waals surface area contributed by atoms with Crippen LogP contribution in [0.2, 0.25) is 0 Å². The summed E-state index contributed by atoms with van der Waals surface area (Å²) in [6, 6.07) is 6.49. The van der Waals surface area contributed by atoms with Crippen molar-refractivity contribution < 1.29 is 4.79 Å². The maximum Gasteiger partial charge on any atom is 0.234 e. The highest BCUT2D eigenvalue weighted by Crippen LogP contribution is 2.39. The largest absolute Gasteiger partial charge is 0.328 e. The molecule has 2 rings (SSSR count). The fourth-order valence-electron chi connectivity index (χ4n) is 2.79. The number of anilines is 1. The molecule has 1 amide bonds. The summed E-state index contributed by atoms with van der Waals surface area (Å²) in [4.78, 5) is 14.1. The van der Waals surface area contributed by atoms with Crippen LogP contribution in [0.25, 0.3) is 0 Å². The Morgan fingerprint density at radius 2 is 2.11 bits per heavy atom. The van der Waals surface area contributed by atoms with Crippen molar-refractivity contribution >= 4 is 11.6 Å². The van der Waals surface area contributed by atoms with Crippen LogP contribution < -0.4 is 10.6 Å². The molecule has 0 fully saturated rings. The summed E-state index contributed by atoms with van der Waals surface area (Å²) in [5, 5.41) is 0. The quantitative estimate of drug-likeness (QED) is 0.887. The van der Waals surface area contributed by atoms with E-state index in [0.717, 1.165) is 25.1 Å². The number of nitrogens with zero attached hydrogens (tertiary/aromatic N) is 1. The van der Waals surface area contributed by atoms with Crippen LogP contribution in [-0.2, 0) is 11.2 Å². The molecule has 1 aliphatic heterocycles. The van der Waals surface area contributed by atoms with Crippen LogP contribution in [0.15, 0.2) is 18.2 Å². The van der Waals surface area contributed by atoms with E-state index in [2.05, 4.69) is 25.1 Å². The van der Waals surface area contributed by atoms with E-state index in [1.54, 1.807) is 0 Å². The highest BCUT2D eigenvalue weighted by atomic mass is 16.2. The Bertz CT molecular complexity index is 454. The molecule has 2 unspecified atom stereocenters. The lowest BCUT2D eigenvalue weighted by Crippen LogP contribution is -2.28. The average molecular weight is 246 g/mol. The van der Waals surface area contributed by atoms with Gasteiger partial charge >= 0.3 is 0 Å². The second-order valence-corrected chi connectivity index (χ2v) is 5.12. The van der Waals surface area contributed by atoms with Crippen LogP contribution in [0, 0.1) is 0 Å². The van der Waals surface area contributed by atoms with Gasteiger partial charge in [-0.2, -0.15) is 0 Å². The summed E-state index contributed by atoms with van der Waals surface area (Å²) >= 11 is 0. The monoisotopic (exact) mass is 246 g/mol. The Hall–Kier alpha value is -1.35. The first kappa shape index (κ1) is 13.1. The number of hydrogen-bond donors (Lipinski definition) is 1. The van der Waals surface area contributed by atoms with Gasteiger partial charge < -0.3 is 10.6 Å². The van der Waals surface area contributed by atoms with E-state index in [1.165, 1.54) is 11.1 Å². The van der Waals surface area contributed by atoms with E-state index in [0.29, 0.717) is 0 Å². The van der Waals surface area contributed by atoms with Crippen molar-refractivity contribution in [3.63, 3.8) is 0 Å². The fourth-order valence-corrected chi connectivity index (χ4v) is 2.79. The van der Waals surface area contributed by atoms with Crippen LogP contribution in [0.3, 0.4) is 0 Å². The van der Waals surface area contributed by atoms with Gasteiger partial charge in [-0.05, 0) is 43.9 Å². The Kier molecular flexibility index (Phi) is 3.71. The van der Waals surface area contributed by atoms with Gasteiger partial charge in [0.15, 0.2) is 0 Å². The van der Waals surface area contributed by atoms with Gasteiger partial charge in [-0.15, -0.1) is 0 Å². The van der Waals surface area contributed by atoms with Crippen molar-refractivity contribution in [3.8, 4) is 0 Å². The van der Waals surface area contributed by atoms with Crippen LogP contribution in [-0.4, -0.2) is 18.5 Å². The summed E-state index contributed by atoms with van der Waals surface area (Å²) in [5.41, 5.74) is 9.34. The molecule has 2 atom stereocenters. The van der Waals surface area contributed by atoms with E-state index in [-0.39, 0.29) is 17.9 Å². The fraction of sp³-hybridized carbons (Fsp3) is 0.533. The molecule has 98 valence electrons. The van der Waals surface area contributed by atoms with Crippen molar-refractivity contribution in [3.05, 3.63) is 29.3 Å². The zero-order valence-corrected chi connectivity index (χ0v) is 11.4. The maximum atomic E-state index is 12.3. The lowest BCUT2D eigenvalue weighted by Gasteiger charge is -2.15. The molecule has 2 N–H and O–H groups in total. The zero-order valence-electron chi connectivity index (χ0n) is 11.4. The normalized spacial score (nSPS) is 20.1. The van der Waals surface area contributed by atoms with Crippen LogP contribution in [0.5, 0.6) is 0 Å². The van der Waals surface area contributed by atoms with Crippen LogP contribution >= 0.6 is 0 Å². The first-order chi connectivity index (χ1) is 8.58. The maximum absolute atomic E-state index is 12.3. The highest BCUT2D eigenvalue weighted by molar-refractivity contribution is 6.04. The summed E-state index contributed by atoms with van der Waals surface area (Å²) < 4.78 is 0. The van der Waals surface area contributed by atoms with Gasteiger partial charge in [-0.25, -0.2) is 0 Å². The first-order valence-corrected chi connectivity index (χ1v) is 6.78. The van der Waals surface area contributed by atoms with Crippen LogP contribution in [0.1, 0.15) is 44.2 Å². The van der Waals surface area contributed by atoms with Crippen molar-refractivity contribution in [1.29, 1.82) is 0 Å². The van der Waals surface area contributed by atoms with Crippen molar-refractivity contribution in [2.24, 2.45) is 5.73 Å². The van der Waals surface area contributed by atoms with E-state index in [1.807, 2.05) is 18.7 Å². The number of likely N-dealkylation sites (N-methyl/N-ethyl adjacent to an activating group) is 1. The number of fused-ring (bicyclic) bond motifs is 1. The van der Waals surface area contributed by atoms with Gasteiger partial charge in [0, 0.05) is 18.3 Å². The standard InChI is InChI=1S/C15H22N2O/c1-4-12-13-9-11(8-10(3)16)6-7-14(13)17(5-2)15(12)18/h6-7,9-10,12H,4-5,8,16H2,1-3H3. The smallest absolute Gasteiger partial charge is 0.234 e. The first-order valence-electron chi connectivity index (χ1n) is 6.78. The molecule has 1 aromatic carbocycles. The molecule has 18 heavy (non-hydrogen) atoms. The number of nitrogens with two attached hydrogens (primary N) is 1. The molecule has 0 aliphatic carbocycles. The molecule has 0 aromatic heterocycles. The molecule has 1 aliphatic rings. The predicted molar refractivity (Wildman–Crippen MR) is 74.9 cm³/mol. The molecule has 0 saturated carbocycles. The van der Waals surface area contributed by atoms with Gasteiger partial charge in [0.1, 0.15) is 0 Å². The summed E-state index contributed by atoms with van der Waals surface area (Å²) in [5.74, 6) is 0.279. The van der Waals surface area contributed by atoms with E-state index in [4.69, 9.17) is 5.73 Å². The Labute approximate surface area is 109 Å². The van der Waals surface area contributed by atoms with Gasteiger partial charge in [-0.1, -0.05) is 19.1 Å². The second kappa shape index (κ2) is 5.11. The topological polar surface area (TPSA) is 46.3 Å². The molecule has 3 nitrogen and oxygen atoms in total. The number of rotatable bonds is 4. The molecule has 0 radical (unpaired) electrons. The third-order valence-electron chi connectivity index (χ3n) is 3.60. The lowest BCUT2D eigenvalue weighted by atomic mass is 9.95. The minimum Gasteiger partial charge on any atom is -0.328 e. The van der Waals surface area contributed by atoms with E-state index < -0.39 is 0 Å². The Morgan fingerprint density at radius 3 is 2.67 bits per heavy atom. The second-order valence-electron chi connectivity index (χ2n) is 5.12. The predicted octanol–water partition coefficient (Wildman–Crippen LogP) is 2.44. The number of benzene rings is 1. The zero-order chi connectivity index (χ0) is 13.3. The average Bonchev–Trinajstić information content (AvgIpc) is 2.58. The number of amides is 1. The minimum atomic E-state index is 0.0352. The van der Waals surface area contributed by atoms with Crippen LogP contribution in [0.4, 0.5) is 5.69 Å². The molecule has 3 heteroatoms. The molecule has 1 heterocycles. The highest BCUT2D eigenvalue weighted by Gasteiger charge is 2.35. The lowest BCUT2D eigenvalue weighted by molar-refractivity contribution is -0.119. The van der Waals surface area contributed by atoms with Gasteiger partial charge in [-0.3, -0.25) is 4.79 Å². The van der Waals surface area contributed by atoms with Gasteiger partial charge in [0.2, 0.25) is 5.91 Å². The van der Waals surface area contributed by atoms with Crippen molar-refractivity contribution in [2.75, 3.05) is 11.4 Å². The summed E-state index contributed by atoms with van der Waals surface area (Å²) in [6.45, 7) is 6.85. The number of carbonyl (C=O) groups is 1. The molecule has 0 spiro atoms. The Balaban J connectivity index is 2.40. The van der Waals surface area contributed by atoms with Crippen molar-refractivity contribution in [2.45, 2.75) is 45.6 Å². The molecular formula is C15H22N2O. The van der Waals surface area contributed by atoms with E-state index in [9.17, 15) is 4.79 Å². The Morgan fingerprint density at radius 1 is 1.39 bits per heavy atom. The molecule has 0 saturated heterocycles. The summed E-state index contributed by atoms with van der Waals surface area (Å²) in [7, 11) is 0. The minimum absolute atomic E-state index is 0.0352. The molecular weight excluding hydrogens is 224 g/mol. The SMILES string of the molecule is CCC1C(=O)N(CC)c2ccc(CC(C)N)cc21. The van der Waals surface area contributed by atoms with Crippen molar-refractivity contribution in [1.82, 2.24) is 0 Å². The number of carbonyl (C=O) groups excluding carboxylic acids is 1.